The summed E-state index contributed by atoms with van der Waals surface area (Å²) in [5.74, 6) is -0.0526. The third-order valence-corrected chi connectivity index (χ3v) is 4.02. The Labute approximate surface area is 116 Å². The van der Waals surface area contributed by atoms with Crippen LogP contribution < -0.4 is 0 Å². The molecule has 0 saturated heterocycles. The fraction of sp³-hybridized carbons (Fsp3) is 0.125. The number of ketones is 1. The van der Waals surface area contributed by atoms with E-state index in [0.29, 0.717) is 10.4 Å². The Morgan fingerprint density at radius 3 is 2.68 bits per heavy atom. The predicted molar refractivity (Wildman–Crippen MR) is 79.0 cm³/mol. The Hall–Kier alpha value is -2.00. The Morgan fingerprint density at radius 1 is 1.32 bits per heavy atom. The average molecular weight is 270 g/mol. The fourth-order valence-corrected chi connectivity index (χ4v) is 2.78. The highest BCUT2D eigenvalue weighted by Crippen LogP contribution is 2.29. The number of aldehydes is 1. The highest BCUT2D eigenvalue weighted by Gasteiger charge is 2.10. The molecule has 0 N–H and O–H groups in total. The molecule has 0 amide bonds. The van der Waals surface area contributed by atoms with Crippen molar-refractivity contribution in [3.63, 3.8) is 0 Å². The molecule has 19 heavy (non-hydrogen) atoms. The van der Waals surface area contributed by atoms with Crippen LogP contribution in [-0.4, -0.2) is 12.1 Å². The molecule has 0 spiro atoms. The van der Waals surface area contributed by atoms with E-state index in [1.54, 1.807) is 6.07 Å². The molecule has 0 unspecified atom stereocenters. The van der Waals surface area contributed by atoms with Gasteiger partial charge < -0.3 is 0 Å². The maximum Gasteiger partial charge on any atom is 0.185 e. The van der Waals surface area contributed by atoms with Crippen molar-refractivity contribution in [3.05, 3.63) is 59.0 Å². The fourth-order valence-electron chi connectivity index (χ4n) is 1.96. The second-order valence-corrected chi connectivity index (χ2v) is 5.23. The molecule has 0 fully saturated rings. The second kappa shape index (κ2) is 5.76. The highest BCUT2D eigenvalue weighted by molar-refractivity contribution is 7.17. The molecule has 0 radical (unpaired) electrons. The first-order valence-corrected chi connectivity index (χ1v) is 6.86. The second-order valence-electron chi connectivity index (χ2n) is 4.11. The zero-order valence-electron chi connectivity index (χ0n) is 10.7. The van der Waals surface area contributed by atoms with Gasteiger partial charge in [0.2, 0.25) is 0 Å². The van der Waals surface area contributed by atoms with Crippen molar-refractivity contribution in [1.82, 2.24) is 0 Å². The summed E-state index contributed by atoms with van der Waals surface area (Å²) in [5.41, 5.74) is 2.74. The molecule has 0 saturated carbocycles. The van der Waals surface area contributed by atoms with E-state index in [9.17, 15) is 9.59 Å². The molecular formula is C16H14O2S. The van der Waals surface area contributed by atoms with Gasteiger partial charge in [0, 0.05) is 10.4 Å². The molecule has 1 aromatic heterocycles. The van der Waals surface area contributed by atoms with E-state index in [4.69, 9.17) is 0 Å². The van der Waals surface area contributed by atoms with Gasteiger partial charge in [0.1, 0.15) is 0 Å². The maximum atomic E-state index is 11.7. The molecule has 0 aliphatic rings. The number of hydrogen-bond donors (Lipinski definition) is 0. The van der Waals surface area contributed by atoms with Crippen LogP contribution in [0.2, 0.25) is 0 Å². The highest BCUT2D eigenvalue weighted by atomic mass is 32.1. The van der Waals surface area contributed by atoms with Gasteiger partial charge in [-0.15, -0.1) is 11.3 Å². The van der Waals surface area contributed by atoms with Gasteiger partial charge in [-0.25, -0.2) is 0 Å². The summed E-state index contributed by atoms with van der Waals surface area (Å²) < 4.78 is 0. The van der Waals surface area contributed by atoms with Crippen molar-refractivity contribution < 1.29 is 9.59 Å². The van der Waals surface area contributed by atoms with Gasteiger partial charge in [-0.2, -0.15) is 0 Å². The van der Waals surface area contributed by atoms with Crippen molar-refractivity contribution in [2.24, 2.45) is 0 Å². The van der Waals surface area contributed by atoms with E-state index in [2.05, 4.69) is 6.58 Å². The van der Waals surface area contributed by atoms with Crippen LogP contribution in [0.25, 0.3) is 10.4 Å². The number of benzene rings is 1. The van der Waals surface area contributed by atoms with Crippen molar-refractivity contribution in [1.29, 1.82) is 0 Å². The topological polar surface area (TPSA) is 34.1 Å². The number of allylic oxidation sites excluding steroid dienone is 1. The van der Waals surface area contributed by atoms with Crippen LogP contribution in [0, 0.1) is 0 Å². The zero-order chi connectivity index (χ0) is 13.8. The molecule has 96 valence electrons. The number of carbonyl (C=O) groups excluding carboxylic acids is 2. The summed E-state index contributed by atoms with van der Waals surface area (Å²) in [6.45, 7) is 5.54. The minimum absolute atomic E-state index is 0.0526. The molecule has 1 heterocycles. The van der Waals surface area contributed by atoms with Crippen LogP contribution >= 0.6 is 11.3 Å². The first-order valence-electron chi connectivity index (χ1n) is 6.04. The van der Waals surface area contributed by atoms with Crippen LogP contribution in [-0.2, 0) is 6.42 Å². The van der Waals surface area contributed by atoms with Crippen molar-refractivity contribution in [2.45, 2.75) is 13.3 Å². The third-order valence-electron chi connectivity index (χ3n) is 2.96. The van der Waals surface area contributed by atoms with Gasteiger partial charge in [-0.05, 0) is 41.8 Å². The number of hydrogen-bond acceptors (Lipinski definition) is 3. The monoisotopic (exact) mass is 270 g/mol. The molecule has 3 heteroatoms. The Morgan fingerprint density at radius 2 is 2.11 bits per heavy atom. The molecular weight excluding hydrogens is 256 g/mol. The smallest absolute Gasteiger partial charge is 0.185 e. The lowest BCUT2D eigenvalue weighted by Gasteiger charge is -2.07. The summed E-state index contributed by atoms with van der Waals surface area (Å²) in [6.07, 6.45) is 2.98. The normalized spacial score (nSPS) is 10.2. The zero-order valence-corrected chi connectivity index (χ0v) is 11.5. The van der Waals surface area contributed by atoms with Gasteiger partial charge in [0.15, 0.2) is 12.1 Å². The number of thiophene rings is 1. The van der Waals surface area contributed by atoms with Crippen LogP contribution in [0.3, 0.4) is 0 Å². The molecule has 1 aromatic carbocycles. The summed E-state index contributed by atoms with van der Waals surface area (Å²) in [5, 5.41) is 0. The van der Waals surface area contributed by atoms with E-state index < -0.39 is 0 Å². The maximum absolute atomic E-state index is 11.7. The van der Waals surface area contributed by atoms with Gasteiger partial charge in [0.05, 0.1) is 4.88 Å². The summed E-state index contributed by atoms with van der Waals surface area (Å²) in [4.78, 5) is 24.2. The minimum atomic E-state index is -0.0526. The largest absolute Gasteiger partial charge is 0.297 e. The molecule has 2 nitrogen and oxygen atoms in total. The molecule has 0 aliphatic heterocycles. The standard InChI is InChI=1S/C16H14O2S/c1-3-11-9-12(5-7-14(11)15(18)4-2)16-8-6-13(10-17)19-16/h4-10H,2-3H2,1H3. The summed E-state index contributed by atoms with van der Waals surface area (Å²) in [6, 6.07) is 9.49. The number of carbonyl (C=O) groups is 2. The van der Waals surface area contributed by atoms with Crippen LogP contribution in [0.15, 0.2) is 43.0 Å². The Bertz CT molecular complexity index is 638. The van der Waals surface area contributed by atoms with Gasteiger partial charge >= 0.3 is 0 Å². The van der Waals surface area contributed by atoms with E-state index in [-0.39, 0.29) is 5.78 Å². The van der Waals surface area contributed by atoms with Crippen LogP contribution in [0.5, 0.6) is 0 Å². The summed E-state index contributed by atoms with van der Waals surface area (Å²) >= 11 is 1.45. The van der Waals surface area contributed by atoms with E-state index in [1.807, 2.05) is 31.2 Å². The first kappa shape index (κ1) is 13.4. The SMILES string of the molecule is C=CC(=O)c1ccc(-c2ccc(C=O)s2)cc1CC. The van der Waals surface area contributed by atoms with E-state index >= 15 is 0 Å². The lowest BCUT2D eigenvalue weighted by molar-refractivity contribution is 0.104. The number of aryl methyl sites for hydroxylation is 1. The molecule has 0 bridgehead atoms. The predicted octanol–water partition coefficient (Wildman–Crippen LogP) is 4.16. The Kier molecular flexibility index (Phi) is 4.07. The quantitative estimate of drug-likeness (QED) is 0.464. The third kappa shape index (κ3) is 2.71. The average Bonchev–Trinajstić information content (AvgIpc) is 2.94. The van der Waals surface area contributed by atoms with Crippen molar-refractivity contribution in [2.75, 3.05) is 0 Å². The van der Waals surface area contributed by atoms with E-state index in [1.165, 1.54) is 17.4 Å². The Balaban J connectivity index is 2.46. The van der Waals surface area contributed by atoms with Gasteiger partial charge in [-0.1, -0.05) is 25.6 Å². The van der Waals surface area contributed by atoms with Gasteiger partial charge in [0.25, 0.3) is 0 Å². The molecule has 0 atom stereocenters. The van der Waals surface area contributed by atoms with Gasteiger partial charge in [-0.3, -0.25) is 9.59 Å². The number of rotatable bonds is 5. The molecule has 0 aliphatic carbocycles. The lowest BCUT2D eigenvalue weighted by Crippen LogP contribution is -1.99. The summed E-state index contributed by atoms with van der Waals surface area (Å²) in [7, 11) is 0. The minimum Gasteiger partial charge on any atom is -0.297 e. The first-order chi connectivity index (χ1) is 9.19. The lowest BCUT2D eigenvalue weighted by atomic mass is 9.98. The van der Waals surface area contributed by atoms with Crippen molar-refractivity contribution in [3.8, 4) is 10.4 Å². The van der Waals surface area contributed by atoms with Crippen molar-refractivity contribution >= 4 is 23.4 Å². The van der Waals surface area contributed by atoms with E-state index in [0.717, 1.165) is 28.7 Å². The molecule has 2 aromatic rings. The van der Waals surface area contributed by atoms with Crippen LogP contribution in [0.4, 0.5) is 0 Å². The molecule has 2 rings (SSSR count). The van der Waals surface area contributed by atoms with Crippen LogP contribution in [0.1, 0.15) is 32.5 Å².